The predicted molar refractivity (Wildman–Crippen MR) is 135 cm³/mol. The molecule has 0 bridgehead atoms. The van der Waals surface area contributed by atoms with Crippen molar-refractivity contribution in [1.82, 2.24) is 4.98 Å². The molecule has 3 aromatic carbocycles. The van der Waals surface area contributed by atoms with Crippen LogP contribution in [-0.4, -0.2) is 24.5 Å². The van der Waals surface area contributed by atoms with Gasteiger partial charge in [-0.2, -0.15) is 5.26 Å². The fraction of sp³-hybridized carbons (Fsp3) is 0.0741. The van der Waals surface area contributed by atoms with Gasteiger partial charge in [-0.05, 0) is 48.0 Å². The second-order valence-corrected chi connectivity index (χ2v) is 8.50. The fourth-order valence-corrected chi connectivity index (χ4v) is 4.12. The lowest BCUT2D eigenvalue weighted by Gasteiger charge is -2.11. The molecule has 4 aromatic rings. The minimum atomic E-state index is -0.174. The van der Waals surface area contributed by atoms with Crippen LogP contribution in [0.15, 0.2) is 78.2 Å². The van der Waals surface area contributed by atoms with E-state index in [2.05, 4.69) is 11.1 Å². The maximum absolute atomic E-state index is 12.4. The first-order chi connectivity index (χ1) is 16.6. The Hall–Kier alpha value is -3.92. The fourth-order valence-electron chi connectivity index (χ4n) is 3.20. The molecular formula is C27H19ClN2O3S. The van der Waals surface area contributed by atoms with Crippen molar-refractivity contribution < 1.29 is 14.3 Å². The molecule has 0 N–H and O–H groups in total. The van der Waals surface area contributed by atoms with Crippen LogP contribution in [0, 0.1) is 11.3 Å². The molecule has 0 radical (unpaired) electrons. The van der Waals surface area contributed by atoms with Gasteiger partial charge in [0.25, 0.3) is 0 Å². The molecule has 4 rings (SSSR count). The molecule has 0 aliphatic carbocycles. The average molecular weight is 487 g/mol. The van der Waals surface area contributed by atoms with Gasteiger partial charge in [-0.25, -0.2) is 4.98 Å². The van der Waals surface area contributed by atoms with Gasteiger partial charge in [0, 0.05) is 21.5 Å². The van der Waals surface area contributed by atoms with E-state index in [4.69, 9.17) is 21.1 Å². The van der Waals surface area contributed by atoms with Gasteiger partial charge in [-0.3, -0.25) is 4.79 Å². The Morgan fingerprint density at radius 2 is 1.85 bits per heavy atom. The number of benzene rings is 3. The van der Waals surface area contributed by atoms with E-state index in [9.17, 15) is 10.1 Å². The molecular weight excluding hydrogens is 468 g/mol. The Morgan fingerprint density at radius 1 is 1.09 bits per heavy atom. The molecule has 0 saturated heterocycles. The van der Waals surface area contributed by atoms with Crippen LogP contribution in [0.3, 0.4) is 0 Å². The highest BCUT2D eigenvalue weighted by Crippen LogP contribution is 2.31. The zero-order valence-corrected chi connectivity index (χ0v) is 19.8. The van der Waals surface area contributed by atoms with E-state index < -0.39 is 0 Å². The summed E-state index contributed by atoms with van der Waals surface area (Å²) in [5, 5.41) is 12.9. The Morgan fingerprint density at radius 3 is 2.56 bits per heavy atom. The van der Waals surface area contributed by atoms with Crippen LogP contribution < -0.4 is 9.47 Å². The van der Waals surface area contributed by atoms with Crippen molar-refractivity contribution in [1.29, 1.82) is 5.26 Å². The van der Waals surface area contributed by atoms with E-state index in [0.717, 1.165) is 16.8 Å². The minimum absolute atomic E-state index is 0.141. The summed E-state index contributed by atoms with van der Waals surface area (Å²) in [7, 11) is 1.52. The molecule has 0 atom stereocenters. The normalized spacial score (nSPS) is 11.0. The van der Waals surface area contributed by atoms with Crippen molar-refractivity contribution in [2.45, 2.75) is 0 Å². The number of aromatic nitrogens is 1. The van der Waals surface area contributed by atoms with E-state index in [0.29, 0.717) is 32.7 Å². The van der Waals surface area contributed by atoms with Gasteiger partial charge < -0.3 is 9.47 Å². The van der Waals surface area contributed by atoms with Crippen LogP contribution in [-0.2, 0) is 0 Å². The van der Waals surface area contributed by atoms with E-state index in [1.54, 1.807) is 48.5 Å². The number of nitriles is 1. The number of ketones is 1. The quantitative estimate of drug-likeness (QED) is 0.202. The number of methoxy groups -OCH3 is 1. The molecule has 0 aliphatic heterocycles. The van der Waals surface area contributed by atoms with Crippen molar-refractivity contribution in [2.75, 3.05) is 13.7 Å². The molecule has 0 saturated carbocycles. The van der Waals surface area contributed by atoms with E-state index in [1.807, 2.05) is 35.7 Å². The third kappa shape index (κ3) is 5.52. The summed E-state index contributed by atoms with van der Waals surface area (Å²) < 4.78 is 11.1. The zero-order chi connectivity index (χ0) is 23.9. The van der Waals surface area contributed by atoms with Crippen molar-refractivity contribution in [3.05, 3.63) is 99.3 Å². The standard InChI is InChI=1S/C27H19ClN2O3S/c1-32-26-14-18(7-12-25(26)33-16-24(31)20-8-10-22(28)11-9-20)13-21(15-29)27-30-23(17-34-27)19-5-3-2-4-6-19/h2-14,17H,16H2,1H3. The van der Waals surface area contributed by atoms with Crippen LogP contribution in [0.1, 0.15) is 20.9 Å². The number of carbonyl (C=O) groups is 1. The van der Waals surface area contributed by atoms with Crippen molar-refractivity contribution >= 4 is 40.4 Å². The zero-order valence-electron chi connectivity index (χ0n) is 18.2. The number of thiazole rings is 1. The van der Waals surface area contributed by atoms with Crippen molar-refractivity contribution in [3.8, 4) is 28.8 Å². The molecule has 34 heavy (non-hydrogen) atoms. The van der Waals surface area contributed by atoms with Crippen LogP contribution in [0.25, 0.3) is 22.9 Å². The molecule has 0 fully saturated rings. The first-order valence-electron chi connectivity index (χ1n) is 10.3. The highest BCUT2D eigenvalue weighted by Gasteiger charge is 2.12. The van der Waals surface area contributed by atoms with E-state index in [-0.39, 0.29) is 12.4 Å². The number of halogens is 1. The summed E-state index contributed by atoms with van der Waals surface area (Å²) in [6.07, 6.45) is 1.75. The molecule has 1 heterocycles. The topological polar surface area (TPSA) is 72.2 Å². The molecule has 0 spiro atoms. The lowest BCUT2D eigenvalue weighted by molar-refractivity contribution is 0.0919. The van der Waals surface area contributed by atoms with Gasteiger partial charge >= 0.3 is 0 Å². The molecule has 0 aliphatic rings. The SMILES string of the molecule is COc1cc(C=C(C#N)c2nc(-c3ccccc3)cs2)ccc1OCC(=O)c1ccc(Cl)cc1. The summed E-state index contributed by atoms with van der Waals surface area (Å²) in [5.74, 6) is 0.715. The number of rotatable bonds is 8. The summed E-state index contributed by atoms with van der Waals surface area (Å²) in [5.41, 5.74) is 3.54. The number of hydrogen-bond donors (Lipinski definition) is 0. The number of ether oxygens (including phenoxy) is 2. The number of nitrogens with zero attached hydrogens (tertiary/aromatic N) is 2. The van der Waals surface area contributed by atoms with Gasteiger partial charge in [0.1, 0.15) is 11.1 Å². The monoisotopic (exact) mass is 486 g/mol. The third-order valence-electron chi connectivity index (χ3n) is 4.95. The van der Waals surface area contributed by atoms with Gasteiger partial charge in [0.15, 0.2) is 23.9 Å². The average Bonchev–Trinajstić information content (AvgIpc) is 3.37. The highest BCUT2D eigenvalue weighted by molar-refractivity contribution is 7.11. The largest absolute Gasteiger partial charge is 0.493 e. The maximum atomic E-state index is 12.4. The van der Waals surface area contributed by atoms with Crippen LogP contribution in [0.4, 0.5) is 0 Å². The lowest BCUT2D eigenvalue weighted by Crippen LogP contribution is -2.12. The van der Waals surface area contributed by atoms with Gasteiger partial charge in [-0.1, -0.05) is 48.0 Å². The number of hydrogen-bond acceptors (Lipinski definition) is 6. The molecule has 1 aromatic heterocycles. The number of allylic oxidation sites excluding steroid dienone is 1. The number of Topliss-reactive ketones (excluding diaryl/α,β-unsaturated/α-hetero) is 1. The Bertz CT molecular complexity index is 1370. The maximum Gasteiger partial charge on any atom is 0.200 e. The predicted octanol–water partition coefficient (Wildman–Crippen LogP) is 6.80. The van der Waals surface area contributed by atoms with Crippen LogP contribution in [0.2, 0.25) is 5.02 Å². The number of carbonyl (C=O) groups excluding carboxylic acids is 1. The molecule has 0 amide bonds. The summed E-state index contributed by atoms with van der Waals surface area (Å²) >= 11 is 7.29. The molecule has 5 nitrogen and oxygen atoms in total. The van der Waals surface area contributed by atoms with Gasteiger partial charge in [0.05, 0.1) is 18.4 Å². The minimum Gasteiger partial charge on any atom is -0.493 e. The Balaban J connectivity index is 1.51. The summed E-state index contributed by atoms with van der Waals surface area (Å²) in [4.78, 5) is 17.0. The smallest absolute Gasteiger partial charge is 0.200 e. The van der Waals surface area contributed by atoms with Crippen LogP contribution >= 0.6 is 22.9 Å². The van der Waals surface area contributed by atoms with E-state index in [1.165, 1.54) is 18.4 Å². The van der Waals surface area contributed by atoms with Crippen molar-refractivity contribution in [3.63, 3.8) is 0 Å². The highest BCUT2D eigenvalue weighted by atomic mass is 35.5. The summed E-state index contributed by atoms with van der Waals surface area (Å²) in [6.45, 7) is -0.141. The summed E-state index contributed by atoms with van der Waals surface area (Å²) in [6, 6.07) is 24.0. The Labute approximate surface area is 206 Å². The first-order valence-corrected chi connectivity index (χ1v) is 11.6. The second-order valence-electron chi connectivity index (χ2n) is 7.20. The molecule has 7 heteroatoms. The van der Waals surface area contributed by atoms with Crippen LogP contribution in [0.5, 0.6) is 11.5 Å². The van der Waals surface area contributed by atoms with Gasteiger partial charge in [-0.15, -0.1) is 11.3 Å². The first kappa shape index (κ1) is 23.2. The van der Waals surface area contributed by atoms with Crippen molar-refractivity contribution in [2.24, 2.45) is 0 Å². The third-order valence-corrected chi connectivity index (χ3v) is 6.08. The lowest BCUT2D eigenvalue weighted by atomic mass is 10.1. The van der Waals surface area contributed by atoms with Gasteiger partial charge in [0.2, 0.25) is 0 Å². The second kappa shape index (κ2) is 10.8. The molecule has 168 valence electrons. The Kier molecular flexibility index (Phi) is 7.38. The van der Waals surface area contributed by atoms with E-state index >= 15 is 0 Å². The molecule has 0 unspecified atom stereocenters.